The van der Waals surface area contributed by atoms with E-state index < -0.39 is 0 Å². The monoisotopic (exact) mass is 318 g/mol. The SMILES string of the molecule is CC.CSc1c(F)cc(C(=O)Cc2ccccc2)c(C)c1C. The molecule has 2 rings (SSSR count). The molecule has 118 valence electrons. The normalized spacial score (nSPS) is 9.91. The zero-order valence-corrected chi connectivity index (χ0v) is 14.7. The van der Waals surface area contributed by atoms with Gasteiger partial charge in [0, 0.05) is 16.9 Å². The smallest absolute Gasteiger partial charge is 0.167 e. The number of Topliss-reactive ketones (excluding diaryl/α,β-unsaturated/α-hetero) is 1. The van der Waals surface area contributed by atoms with Gasteiger partial charge in [0.05, 0.1) is 0 Å². The third-order valence-electron chi connectivity index (χ3n) is 3.51. The van der Waals surface area contributed by atoms with Crippen LogP contribution in [0.15, 0.2) is 41.3 Å². The standard InChI is InChI=1S/C17H17FOS.C2H6/c1-11-12(2)17(20-3)15(18)10-14(11)16(19)9-13-7-5-4-6-8-13;1-2/h4-8,10H,9H2,1-3H3;1-2H3. The van der Waals surface area contributed by atoms with Gasteiger partial charge in [-0.15, -0.1) is 11.8 Å². The van der Waals surface area contributed by atoms with Gasteiger partial charge in [0.25, 0.3) is 0 Å². The lowest BCUT2D eigenvalue weighted by Gasteiger charge is -2.12. The van der Waals surface area contributed by atoms with Crippen LogP contribution in [-0.2, 0) is 6.42 Å². The fourth-order valence-corrected chi connectivity index (χ4v) is 2.98. The molecule has 0 saturated heterocycles. The lowest BCUT2D eigenvalue weighted by Crippen LogP contribution is -2.08. The van der Waals surface area contributed by atoms with E-state index in [2.05, 4.69) is 0 Å². The largest absolute Gasteiger partial charge is 0.294 e. The molecule has 0 amide bonds. The Hall–Kier alpha value is -1.61. The molecule has 0 atom stereocenters. The fraction of sp³-hybridized carbons (Fsp3) is 0.316. The van der Waals surface area contributed by atoms with Crippen molar-refractivity contribution in [3.63, 3.8) is 0 Å². The van der Waals surface area contributed by atoms with Gasteiger partial charge in [-0.05, 0) is 42.9 Å². The van der Waals surface area contributed by atoms with E-state index in [-0.39, 0.29) is 11.6 Å². The average molecular weight is 318 g/mol. The molecule has 0 heterocycles. The van der Waals surface area contributed by atoms with E-state index in [1.807, 2.05) is 64.3 Å². The molecular weight excluding hydrogens is 295 g/mol. The summed E-state index contributed by atoms with van der Waals surface area (Å²) in [6.45, 7) is 7.75. The molecule has 0 aromatic heterocycles. The molecule has 0 radical (unpaired) electrons. The van der Waals surface area contributed by atoms with Crippen molar-refractivity contribution >= 4 is 17.5 Å². The molecule has 2 aromatic rings. The predicted octanol–water partition coefficient (Wildman–Crippen LogP) is 5.62. The second kappa shape index (κ2) is 8.74. The zero-order valence-electron chi connectivity index (χ0n) is 13.9. The lowest BCUT2D eigenvalue weighted by atomic mass is 9.96. The highest BCUT2D eigenvalue weighted by molar-refractivity contribution is 7.98. The van der Waals surface area contributed by atoms with Crippen molar-refractivity contribution in [2.75, 3.05) is 6.26 Å². The number of hydrogen-bond acceptors (Lipinski definition) is 2. The van der Waals surface area contributed by atoms with Crippen LogP contribution >= 0.6 is 11.8 Å². The first-order valence-electron chi connectivity index (χ1n) is 7.45. The third kappa shape index (κ3) is 4.20. The topological polar surface area (TPSA) is 17.1 Å². The number of thioether (sulfide) groups is 1. The summed E-state index contributed by atoms with van der Waals surface area (Å²) in [5.74, 6) is -0.347. The van der Waals surface area contributed by atoms with Crippen molar-refractivity contribution in [1.29, 1.82) is 0 Å². The molecule has 0 aliphatic carbocycles. The molecule has 0 aliphatic rings. The first-order chi connectivity index (χ1) is 10.5. The summed E-state index contributed by atoms with van der Waals surface area (Å²) < 4.78 is 14.0. The van der Waals surface area contributed by atoms with Crippen LogP contribution in [0, 0.1) is 19.7 Å². The number of carbonyl (C=O) groups excluding carboxylic acids is 1. The zero-order chi connectivity index (χ0) is 16.7. The Kier molecular flexibility index (Phi) is 7.33. The molecule has 3 heteroatoms. The van der Waals surface area contributed by atoms with Gasteiger partial charge in [0.15, 0.2) is 5.78 Å². The maximum Gasteiger partial charge on any atom is 0.167 e. The van der Waals surface area contributed by atoms with Gasteiger partial charge >= 0.3 is 0 Å². The van der Waals surface area contributed by atoms with E-state index in [4.69, 9.17) is 0 Å². The molecule has 0 bridgehead atoms. The highest BCUT2D eigenvalue weighted by atomic mass is 32.2. The molecule has 0 spiro atoms. The van der Waals surface area contributed by atoms with Gasteiger partial charge in [-0.2, -0.15) is 0 Å². The Morgan fingerprint density at radius 1 is 1.09 bits per heavy atom. The van der Waals surface area contributed by atoms with E-state index >= 15 is 0 Å². The second-order valence-electron chi connectivity index (χ2n) is 4.77. The lowest BCUT2D eigenvalue weighted by molar-refractivity contribution is 0.0991. The van der Waals surface area contributed by atoms with Gasteiger partial charge in [0.2, 0.25) is 0 Å². The van der Waals surface area contributed by atoms with Crippen molar-refractivity contribution in [3.8, 4) is 0 Å². The van der Waals surface area contributed by atoms with Crippen LogP contribution in [0.2, 0.25) is 0 Å². The summed E-state index contributed by atoms with van der Waals surface area (Å²) in [6, 6.07) is 10.9. The average Bonchev–Trinajstić information content (AvgIpc) is 2.54. The Bertz CT molecular complexity index is 636. The van der Waals surface area contributed by atoms with Crippen LogP contribution in [0.4, 0.5) is 4.39 Å². The van der Waals surface area contributed by atoms with Crippen LogP contribution in [0.25, 0.3) is 0 Å². The predicted molar refractivity (Wildman–Crippen MR) is 93.5 cm³/mol. The van der Waals surface area contributed by atoms with E-state index in [1.54, 1.807) is 0 Å². The van der Waals surface area contributed by atoms with E-state index in [9.17, 15) is 9.18 Å². The molecule has 2 aromatic carbocycles. The third-order valence-corrected chi connectivity index (χ3v) is 4.42. The van der Waals surface area contributed by atoms with Crippen LogP contribution in [0.1, 0.15) is 40.9 Å². The molecule has 0 N–H and O–H groups in total. The minimum atomic E-state index is -0.308. The van der Waals surface area contributed by atoms with Crippen molar-refractivity contribution in [2.45, 2.75) is 39.0 Å². The molecule has 0 fully saturated rings. The van der Waals surface area contributed by atoms with Gasteiger partial charge in [-0.3, -0.25) is 4.79 Å². The molecule has 22 heavy (non-hydrogen) atoms. The maximum atomic E-state index is 14.0. The number of hydrogen-bond donors (Lipinski definition) is 0. The van der Waals surface area contributed by atoms with Crippen LogP contribution in [0.3, 0.4) is 0 Å². The molecule has 0 aliphatic heterocycles. The van der Waals surface area contributed by atoms with Gasteiger partial charge < -0.3 is 0 Å². The first kappa shape index (κ1) is 18.4. The second-order valence-corrected chi connectivity index (χ2v) is 5.59. The minimum Gasteiger partial charge on any atom is -0.294 e. The van der Waals surface area contributed by atoms with Crippen molar-refractivity contribution in [3.05, 3.63) is 64.5 Å². The summed E-state index contributed by atoms with van der Waals surface area (Å²) in [7, 11) is 0. The van der Waals surface area contributed by atoms with Crippen molar-refractivity contribution in [1.82, 2.24) is 0 Å². The Balaban J connectivity index is 0.00000116. The van der Waals surface area contributed by atoms with E-state index in [1.165, 1.54) is 17.8 Å². The van der Waals surface area contributed by atoms with Crippen molar-refractivity contribution in [2.24, 2.45) is 0 Å². The Morgan fingerprint density at radius 2 is 1.68 bits per heavy atom. The number of ketones is 1. The Labute approximate surface area is 136 Å². The fourth-order valence-electron chi connectivity index (χ4n) is 2.27. The Morgan fingerprint density at radius 3 is 2.23 bits per heavy atom. The number of benzene rings is 2. The molecule has 1 nitrogen and oxygen atoms in total. The van der Waals surface area contributed by atoms with Gasteiger partial charge in [0.1, 0.15) is 5.82 Å². The number of carbonyl (C=O) groups is 1. The van der Waals surface area contributed by atoms with Crippen LogP contribution in [0.5, 0.6) is 0 Å². The molecular formula is C19H23FOS. The quantitative estimate of drug-likeness (QED) is 0.538. The summed E-state index contributed by atoms with van der Waals surface area (Å²) in [5.41, 5.74) is 3.16. The van der Waals surface area contributed by atoms with Gasteiger partial charge in [-0.25, -0.2) is 4.39 Å². The highest BCUT2D eigenvalue weighted by Gasteiger charge is 2.17. The number of halogens is 1. The number of rotatable bonds is 4. The summed E-state index contributed by atoms with van der Waals surface area (Å²) in [6.07, 6.45) is 2.15. The maximum absolute atomic E-state index is 14.0. The summed E-state index contributed by atoms with van der Waals surface area (Å²) in [4.78, 5) is 13.0. The first-order valence-corrected chi connectivity index (χ1v) is 8.68. The molecule has 0 unspecified atom stereocenters. The van der Waals surface area contributed by atoms with Crippen molar-refractivity contribution < 1.29 is 9.18 Å². The summed E-state index contributed by atoms with van der Waals surface area (Å²) in [5, 5.41) is 0. The van der Waals surface area contributed by atoms with Gasteiger partial charge in [-0.1, -0.05) is 44.2 Å². The van der Waals surface area contributed by atoms with Crippen LogP contribution in [-0.4, -0.2) is 12.0 Å². The minimum absolute atomic E-state index is 0.0386. The van der Waals surface area contributed by atoms with E-state index in [0.717, 1.165) is 16.7 Å². The summed E-state index contributed by atoms with van der Waals surface area (Å²) >= 11 is 1.37. The van der Waals surface area contributed by atoms with E-state index in [0.29, 0.717) is 16.9 Å². The highest BCUT2D eigenvalue weighted by Crippen LogP contribution is 2.29. The molecule has 0 saturated carbocycles. The van der Waals surface area contributed by atoms with Crippen LogP contribution < -0.4 is 0 Å².